The molecule has 0 saturated heterocycles. The Labute approximate surface area is 123 Å². The predicted molar refractivity (Wildman–Crippen MR) is 85.0 cm³/mol. The van der Waals surface area contributed by atoms with Crippen molar-refractivity contribution in [2.24, 2.45) is 5.92 Å². The summed E-state index contributed by atoms with van der Waals surface area (Å²) < 4.78 is 5.14. The number of hydrogen-bond acceptors (Lipinski definition) is 2. The number of rotatable bonds is 7. The largest absolute Gasteiger partial charge is 0.384 e. The average molecular weight is 275 g/mol. The molecule has 1 N–H and O–H groups in total. The van der Waals surface area contributed by atoms with Crippen LogP contribution < -0.4 is 5.32 Å². The van der Waals surface area contributed by atoms with Gasteiger partial charge in [0.15, 0.2) is 0 Å². The third-order valence-electron chi connectivity index (χ3n) is 4.48. The zero-order valence-electron chi connectivity index (χ0n) is 13.0. The van der Waals surface area contributed by atoms with Crippen LogP contribution in [0.4, 0.5) is 0 Å². The van der Waals surface area contributed by atoms with Crippen LogP contribution in [0.2, 0.25) is 0 Å². The van der Waals surface area contributed by atoms with Crippen LogP contribution in [-0.2, 0) is 11.2 Å². The number of hydrogen-bond donors (Lipinski definition) is 1. The SMILES string of the molecule is CCNC(c1ccc(CCOC)cc1)C1CCCCC1. The summed E-state index contributed by atoms with van der Waals surface area (Å²) in [6, 6.07) is 9.69. The lowest BCUT2D eigenvalue weighted by atomic mass is 9.81. The first kappa shape index (κ1) is 15.5. The molecule has 1 aromatic rings. The fourth-order valence-electron chi connectivity index (χ4n) is 3.36. The van der Waals surface area contributed by atoms with Crippen molar-refractivity contribution in [3.63, 3.8) is 0 Å². The third kappa shape index (κ3) is 4.32. The van der Waals surface area contributed by atoms with Crippen LogP contribution in [0.1, 0.15) is 56.2 Å². The highest BCUT2D eigenvalue weighted by Gasteiger charge is 2.24. The van der Waals surface area contributed by atoms with Gasteiger partial charge in [-0.2, -0.15) is 0 Å². The van der Waals surface area contributed by atoms with E-state index in [0.717, 1.165) is 25.5 Å². The first-order valence-electron chi connectivity index (χ1n) is 8.16. The van der Waals surface area contributed by atoms with Crippen LogP contribution in [0.25, 0.3) is 0 Å². The number of ether oxygens (including phenoxy) is 1. The molecule has 2 heteroatoms. The van der Waals surface area contributed by atoms with Crippen molar-refractivity contribution < 1.29 is 4.74 Å². The molecule has 0 heterocycles. The molecular weight excluding hydrogens is 246 g/mol. The van der Waals surface area contributed by atoms with Crippen LogP contribution in [0.5, 0.6) is 0 Å². The third-order valence-corrected chi connectivity index (χ3v) is 4.48. The van der Waals surface area contributed by atoms with Gasteiger partial charge in [-0.3, -0.25) is 0 Å². The molecule has 0 amide bonds. The van der Waals surface area contributed by atoms with E-state index in [1.807, 2.05) is 0 Å². The Morgan fingerprint density at radius 2 is 1.85 bits per heavy atom. The molecule has 1 atom stereocenters. The fourth-order valence-corrected chi connectivity index (χ4v) is 3.36. The molecule has 0 aromatic heterocycles. The predicted octanol–water partition coefficient (Wildman–Crippen LogP) is 4.11. The fraction of sp³-hybridized carbons (Fsp3) is 0.667. The first-order chi connectivity index (χ1) is 9.85. The van der Waals surface area contributed by atoms with Gasteiger partial charge in [-0.05, 0) is 42.9 Å². The van der Waals surface area contributed by atoms with Gasteiger partial charge in [-0.1, -0.05) is 50.5 Å². The molecule has 0 spiro atoms. The summed E-state index contributed by atoms with van der Waals surface area (Å²) in [7, 11) is 1.76. The summed E-state index contributed by atoms with van der Waals surface area (Å²) in [5, 5.41) is 3.71. The van der Waals surface area contributed by atoms with E-state index in [-0.39, 0.29) is 0 Å². The van der Waals surface area contributed by atoms with Crippen LogP contribution in [-0.4, -0.2) is 20.3 Å². The molecule has 112 valence electrons. The molecule has 1 saturated carbocycles. The minimum atomic E-state index is 0.539. The zero-order chi connectivity index (χ0) is 14.2. The second-order valence-electron chi connectivity index (χ2n) is 5.92. The topological polar surface area (TPSA) is 21.3 Å². The lowest BCUT2D eigenvalue weighted by Gasteiger charge is -2.31. The van der Waals surface area contributed by atoms with E-state index < -0.39 is 0 Å². The molecule has 20 heavy (non-hydrogen) atoms. The van der Waals surface area contributed by atoms with Gasteiger partial charge in [-0.15, -0.1) is 0 Å². The Balaban J connectivity index is 2.04. The van der Waals surface area contributed by atoms with E-state index in [4.69, 9.17) is 4.74 Å². The lowest BCUT2D eigenvalue weighted by Crippen LogP contribution is -2.29. The molecular formula is C18H29NO. The van der Waals surface area contributed by atoms with Gasteiger partial charge >= 0.3 is 0 Å². The number of benzene rings is 1. The van der Waals surface area contributed by atoms with Crippen LogP contribution in [0.3, 0.4) is 0 Å². The van der Waals surface area contributed by atoms with Crippen LogP contribution in [0, 0.1) is 5.92 Å². The monoisotopic (exact) mass is 275 g/mol. The summed E-state index contributed by atoms with van der Waals surface area (Å²) in [5.41, 5.74) is 2.83. The molecule has 0 bridgehead atoms. The Morgan fingerprint density at radius 3 is 2.45 bits per heavy atom. The quantitative estimate of drug-likeness (QED) is 0.808. The van der Waals surface area contributed by atoms with E-state index in [1.165, 1.54) is 43.2 Å². The van der Waals surface area contributed by atoms with E-state index in [9.17, 15) is 0 Å². The van der Waals surface area contributed by atoms with E-state index in [1.54, 1.807) is 7.11 Å². The second-order valence-corrected chi connectivity index (χ2v) is 5.92. The Hall–Kier alpha value is -0.860. The first-order valence-corrected chi connectivity index (χ1v) is 8.16. The highest BCUT2D eigenvalue weighted by Crippen LogP contribution is 2.34. The molecule has 2 nitrogen and oxygen atoms in total. The Morgan fingerprint density at radius 1 is 1.15 bits per heavy atom. The van der Waals surface area contributed by atoms with Gasteiger partial charge in [0, 0.05) is 13.2 Å². The summed E-state index contributed by atoms with van der Waals surface area (Å²) in [6.07, 6.45) is 7.99. The van der Waals surface area contributed by atoms with Crippen LogP contribution in [0.15, 0.2) is 24.3 Å². The molecule has 1 unspecified atom stereocenters. The van der Waals surface area contributed by atoms with Crippen molar-refractivity contribution in [1.82, 2.24) is 5.32 Å². The van der Waals surface area contributed by atoms with Gasteiger partial charge < -0.3 is 10.1 Å². The van der Waals surface area contributed by atoms with E-state index in [0.29, 0.717) is 6.04 Å². The van der Waals surface area contributed by atoms with Crippen molar-refractivity contribution in [2.75, 3.05) is 20.3 Å². The van der Waals surface area contributed by atoms with Gasteiger partial charge in [0.25, 0.3) is 0 Å². The van der Waals surface area contributed by atoms with Gasteiger partial charge in [0.2, 0.25) is 0 Å². The lowest BCUT2D eigenvalue weighted by molar-refractivity contribution is 0.202. The van der Waals surface area contributed by atoms with Crippen molar-refractivity contribution in [1.29, 1.82) is 0 Å². The average Bonchev–Trinajstić information content (AvgIpc) is 2.52. The number of methoxy groups -OCH3 is 1. The minimum Gasteiger partial charge on any atom is -0.384 e. The highest BCUT2D eigenvalue weighted by molar-refractivity contribution is 5.26. The summed E-state index contributed by atoms with van der Waals surface area (Å²) in [4.78, 5) is 0. The normalized spacial score (nSPS) is 18.1. The molecule has 0 radical (unpaired) electrons. The van der Waals surface area contributed by atoms with Crippen LogP contribution >= 0.6 is 0 Å². The molecule has 0 aliphatic heterocycles. The van der Waals surface area contributed by atoms with Crippen molar-refractivity contribution in [3.05, 3.63) is 35.4 Å². The maximum Gasteiger partial charge on any atom is 0.0502 e. The smallest absolute Gasteiger partial charge is 0.0502 e. The van der Waals surface area contributed by atoms with Crippen molar-refractivity contribution in [3.8, 4) is 0 Å². The van der Waals surface area contributed by atoms with Gasteiger partial charge in [0.05, 0.1) is 6.61 Å². The highest BCUT2D eigenvalue weighted by atomic mass is 16.5. The Kier molecular flexibility index (Phi) is 6.55. The maximum absolute atomic E-state index is 5.14. The molecule has 1 aliphatic rings. The minimum absolute atomic E-state index is 0.539. The summed E-state index contributed by atoms with van der Waals surface area (Å²) in [5.74, 6) is 0.813. The molecule has 1 aromatic carbocycles. The molecule has 2 rings (SSSR count). The maximum atomic E-state index is 5.14. The summed E-state index contributed by atoms with van der Waals surface area (Å²) >= 11 is 0. The van der Waals surface area contributed by atoms with E-state index in [2.05, 4.69) is 36.5 Å². The van der Waals surface area contributed by atoms with Gasteiger partial charge in [0.1, 0.15) is 0 Å². The zero-order valence-corrected chi connectivity index (χ0v) is 13.0. The van der Waals surface area contributed by atoms with Gasteiger partial charge in [-0.25, -0.2) is 0 Å². The molecule has 1 aliphatic carbocycles. The molecule has 1 fully saturated rings. The second kappa shape index (κ2) is 8.43. The summed E-state index contributed by atoms with van der Waals surface area (Å²) in [6.45, 7) is 4.06. The van der Waals surface area contributed by atoms with Crippen molar-refractivity contribution >= 4 is 0 Å². The number of nitrogens with one attached hydrogen (secondary N) is 1. The van der Waals surface area contributed by atoms with E-state index >= 15 is 0 Å². The van der Waals surface area contributed by atoms with Crippen molar-refractivity contribution in [2.45, 2.75) is 51.5 Å². The standard InChI is InChI=1S/C18H29NO/c1-3-19-18(16-7-5-4-6-8-16)17-11-9-15(10-12-17)13-14-20-2/h9-12,16,18-19H,3-8,13-14H2,1-2H3. The Bertz CT molecular complexity index is 368.